The van der Waals surface area contributed by atoms with Gasteiger partial charge in [-0.1, -0.05) is 19.3 Å². The van der Waals surface area contributed by atoms with E-state index in [2.05, 4.69) is 10.3 Å². The zero-order chi connectivity index (χ0) is 13.0. The van der Waals surface area contributed by atoms with E-state index < -0.39 is 4.92 Å². The number of carbonyl (C=O) groups excluding carboxylic acids is 1. The van der Waals surface area contributed by atoms with E-state index >= 15 is 0 Å². The molecule has 0 unspecified atom stereocenters. The van der Waals surface area contributed by atoms with E-state index in [1.54, 1.807) is 0 Å². The first-order valence-corrected chi connectivity index (χ1v) is 6.10. The van der Waals surface area contributed by atoms with Crippen LogP contribution < -0.4 is 5.32 Å². The Morgan fingerprint density at radius 3 is 2.83 bits per heavy atom. The zero-order valence-electron chi connectivity index (χ0n) is 10.0. The van der Waals surface area contributed by atoms with E-state index in [1.165, 1.54) is 23.5 Å². The van der Waals surface area contributed by atoms with E-state index in [9.17, 15) is 14.9 Å². The summed E-state index contributed by atoms with van der Waals surface area (Å²) in [6.45, 7) is 0.0807. The minimum absolute atomic E-state index is 0.0807. The molecule has 1 saturated carbocycles. The highest BCUT2D eigenvalue weighted by Gasteiger charge is 2.17. The second kappa shape index (κ2) is 5.61. The van der Waals surface area contributed by atoms with Crippen LogP contribution in [0, 0.1) is 10.1 Å². The highest BCUT2D eigenvalue weighted by Crippen LogP contribution is 2.17. The van der Waals surface area contributed by atoms with Gasteiger partial charge < -0.3 is 20.0 Å². The first-order chi connectivity index (χ1) is 8.65. The molecule has 0 bridgehead atoms. The maximum atomic E-state index is 11.7. The van der Waals surface area contributed by atoms with Crippen LogP contribution in [0.25, 0.3) is 0 Å². The van der Waals surface area contributed by atoms with Gasteiger partial charge in [0, 0.05) is 6.04 Å². The Kier molecular flexibility index (Phi) is 3.91. The van der Waals surface area contributed by atoms with Crippen molar-refractivity contribution >= 4 is 11.7 Å². The highest BCUT2D eigenvalue weighted by atomic mass is 16.6. The van der Waals surface area contributed by atoms with E-state index in [4.69, 9.17) is 0 Å². The van der Waals surface area contributed by atoms with E-state index in [0.29, 0.717) is 0 Å². The van der Waals surface area contributed by atoms with Gasteiger partial charge in [0.2, 0.25) is 12.2 Å². The van der Waals surface area contributed by atoms with Crippen molar-refractivity contribution in [3.63, 3.8) is 0 Å². The van der Waals surface area contributed by atoms with Crippen LogP contribution in [-0.2, 0) is 11.3 Å². The molecule has 1 fully saturated rings. The minimum Gasteiger partial charge on any atom is -0.358 e. The Labute approximate surface area is 104 Å². The Hall–Kier alpha value is -1.92. The van der Waals surface area contributed by atoms with Gasteiger partial charge in [-0.05, 0) is 22.7 Å². The van der Waals surface area contributed by atoms with Crippen molar-refractivity contribution in [1.29, 1.82) is 0 Å². The quantitative estimate of drug-likeness (QED) is 0.644. The van der Waals surface area contributed by atoms with Crippen molar-refractivity contribution in [2.24, 2.45) is 0 Å². The summed E-state index contributed by atoms with van der Waals surface area (Å²) < 4.78 is 1.43. The molecule has 1 amide bonds. The first-order valence-electron chi connectivity index (χ1n) is 6.10. The maximum absolute atomic E-state index is 11.7. The van der Waals surface area contributed by atoms with Gasteiger partial charge in [-0.15, -0.1) is 0 Å². The van der Waals surface area contributed by atoms with Gasteiger partial charge in [-0.25, -0.2) is 0 Å². The molecule has 0 radical (unpaired) electrons. The molecular formula is C11H16N4O3. The summed E-state index contributed by atoms with van der Waals surface area (Å²) in [7, 11) is 0. The highest BCUT2D eigenvalue weighted by molar-refractivity contribution is 5.76. The number of aromatic nitrogens is 2. The van der Waals surface area contributed by atoms with Crippen molar-refractivity contribution in [2.75, 3.05) is 0 Å². The lowest BCUT2D eigenvalue weighted by atomic mass is 9.95. The fourth-order valence-electron chi connectivity index (χ4n) is 2.22. The number of hydrogen-bond donors (Lipinski definition) is 1. The molecule has 0 spiro atoms. The molecule has 1 aromatic heterocycles. The molecule has 1 N–H and O–H groups in total. The predicted octanol–water partition coefficient (Wildman–Crippen LogP) is 1.24. The van der Waals surface area contributed by atoms with Gasteiger partial charge in [0.05, 0.1) is 0 Å². The van der Waals surface area contributed by atoms with Gasteiger partial charge in [0.1, 0.15) is 12.7 Å². The number of nitro groups is 1. The number of hydrogen-bond acceptors (Lipinski definition) is 4. The third-order valence-electron chi connectivity index (χ3n) is 3.10. The van der Waals surface area contributed by atoms with Crippen LogP contribution in [0.5, 0.6) is 0 Å². The van der Waals surface area contributed by atoms with Crippen LogP contribution in [0.4, 0.5) is 5.82 Å². The van der Waals surface area contributed by atoms with E-state index in [-0.39, 0.29) is 24.3 Å². The largest absolute Gasteiger partial charge is 0.381 e. The molecule has 0 aromatic carbocycles. The molecule has 1 aliphatic carbocycles. The van der Waals surface area contributed by atoms with Crippen LogP contribution >= 0.6 is 0 Å². The SMILES string of the molecule is O=C(Cn1cnc([N+](=O)[O-])c1)NC1CCCCC1. The summed E-state index contributed by atoms with van der Waals surface area (Å²) in [4.78, 5) is 25.2. The van der Waals surface area contributed by atoms with Crippen molar-refractivity contribution < 1.29 is 9.72 Å². The normalized spacial score (nSPS) is 16.4. The molecule has 7 heteroatoms. The summed E-state index contributed by atoms with van der Waals surface area (Å²) in [6, 6.07) is 0.254. The number of nitrogens with zero attached hydrogens (tertiary/aromatic N) is 3. The van der Waals surface area contributed by atoms with E-state index in [1.807, 2.05) is 0 Å². The Morgan fingerprint density at radius 2 is 2.22 bits per heavy atom. The van der Waals surface area contributed by atoms with E-state index in [0.717, 1.165) is 25.7 Å². The number of amides is 1. The van der Waals surface area contributed by atoms with Crippen LogP contribution in [0.1, 0.15) is 32.1 Å². The third kappa shape index (κ3) is 3.28. The molecule has 18 heavy (non-hydrogen) atoms. The molecule has 2 rings (SSSR count). The molecule has 1 heterocycles. The van der Waals surface area contributed by atoms with Gasteiger partial charge in [0.15, 0.2) is 0 Å². The fourth-order valence-corrected chi connectivity index (χ4v) is 2.22. The summed E-state index contributed by atoms with van der Waals surface area (Å²) in [5.74, 6) is -0.352. The van der Waals surface area contributed by atoms with Crippen molar-refractivity contribution in [1.82, 2.24) is 14.9 Å². The third-order valence-corrected chi connectivity index (χ3v) is 3.10. The average molecular weight is 252 g/mol. The lowest BCUT2D eigenvalue weighted by molar-refractivity contribution is -0.389. The summed E-state index contributed by atoms with van der Waals surface area (Å²) in [6.07, 6.45) is 8.16. The molecule has 0 atom stereocenters. The van der Waals surface area contributed by atoms with Gasteiger partial charge in [-0.2, -0.15) is 0 Å². The monoisotopic (exact) mass is 252 g/mol. The fraction of sp³-hybridized carbons (Fsp3) is 0.636. The van der Waals surface area contributed by atoms with Gasteiger partial charge in [0.25, 0.3) is 0 Å². The minimum atomic E-state index is -0.574. The summed E-state index contributed by atoms with van der Waals surface area (Å²) in [5.41, 5.74) is 0. The summed E-state index contributed by atoms with van der Waals surface area (Å²) >= 11 is 0. The molecule has 0 saturated heterocycles. The van der Waals surface area contributed by atoms with Crippen LogP contribution in [-0.4, -0.2) is 26.4 Å². The lowest BCUT2D eigenvalue weighted by Gasteiger charge is -2.22. The van der Waals surface area contributed by atoms with Crippen LogP contribution in [0.2, 0.25) is 0 Å². The maximum Gasteiger partial charge on any atom is 0.381 e. The topological polar surface area (TPSA) is 90.1 Å². The predicted molar refractivity (Wildman–Crippen MR) is 63.9 cm³/mol. The Morgan fingerprint density at radius 1 is 1.50 bits per heavy atom. The second-order valence-corrected chi connectivity index (χ2v) is 4.56. The van der Waals surface area contributed by atoms with Crippen LogP contribution in [0.3, 0.4) is 0 Å². The average Bonchev–Trinajstić information content (AvgIpc) is 2.78. The summed E-state index contributed by atoms with van der Waals surface area (Å²) in [5, 5.41) is 13.4. The van der Waals surface area contributed by atoms with Gasteiger partial charge in [-0.3, -0.25) is 4.79 Å². The molecular weight excluding hydrogens is 236 g/mol. The molecule has 1 aliphatic rings. The molecule has 0 aliphatic heterocycles. The number of rotatable bonds is 4. The van der Waals surface area contributed by atoms with Crippen molar-refractivity contribution in [3.8, 4) is 0 Å². The second-order valence-electron chi connectivity index (χ2n) is 4.56. The number of carbonyl (C=O) groups is 1. The van der Waals surface area contributed by atoms with Gasteiger partial charge >= 0.3 is 5.82 Å². The number of imidazole rings is 1. The standard InChI is InChI=1S/C11H16N4O3/c16-11(13-9-4-2-1-3-5-9)7-14-6-10(12-8-14)15(17)18/h6,8-9H,1-5,7H2,(H,13,16). The lowest BCUT2D eigenvalue weighted by Crippen LogP contribution is -2.38. The molecule has 1 aromatic rings. The Balaban J connectivity index is 1.84. The zero-order valence-corrected chi connectivity index (χ0v) is 10.0. The number of nitrogens with one attached hydrogen (secondary N) is 1. The Bertz CT molecular complexity index is 437. The van der Waals surface area contributed by atoms with Crippen LogP contribution in [0.15, 0.2) is 12.5 Å². The smallest absolute Gasteiger partial charge is 0.358 e. The van der Waals surface area contributed by atoms with Crippen molar-refractivity contribution in [3.05, 3.63) is 22.6 Å². The first kappa shape index (κ1) is 12.5. The molecule has 7 nitrogen and oxygen atoms in total. The van der Waals surface area contributed by atoms with Crippen molar-refractivity contribution in [2.45, 2.75) is 44.7 Å². The molecule has 98 valence electrons.